The van der Waals surface area contributed by atoms with Gasteiger partial charge in [0.2, 0.25) is 5.03 Å². The van der Waals surface area contributed by atoms with Crippen molar-refractivity contribution < 1.29 is 33.8 Å². The molecule has 0 fully saturated rings. The smallest absolute Gasteiger partial charge is 0.270 e. The van der Waals surface area contributed by atoms with Crippen molar-refractivity contribution in [2.24, 2.45) is 0 Å². The fraction of sp³-hybridized carbons (Fsp3) is 0.273. The SMILES string of the molecule is CSc1c([S+](C)C)[nH]c2ccc([N+](=O)[O-])cc12.[O-][Cl+3]([O-])([O-])[O-]. The lowest BCUT2D eigenvalue weighted by Gasteiger charge is -2.17. The van der Waals surface area contributed by atoms with Crippen LogP contribution in [-0.2, 0) is 10.9 Å². The Balaban J connectivity index is 0.000000422. The maximum absolute atomic E-state index is 10.8. The Hall–Kier alpha value is -1.01. The number of hydrogen-bond acceptors (Lipinski definition) is 7. The quantitative estimate of drug-likeness (QED) is 0.292. The molecule has 2 rings (SSSR count). The maximum Gasteiger partial charge on any atom is 0.270 e. The summed E-state index contributed by atoms with van der Waals surface area (Å²) in [6, 6.07) is 4.97. The molecule has 1 aromatic heterocycles. The van der Waals surface area contributed by atoms with Crippen LogP contribution < -0.4 is 18.6 Å². The van der Waals surface area contributed by atoms with Crippen LogP contribution in [0.1, 0.15) is 0 Å². The molecule has 11 heteroatoms. The van der Waals surface area contributed by atoms with Crippen molar-refractivity contribution in [3.63, 3.8) is 0 Å². The van der Waals surface area contributed by atoms with Gasteiger partial charge in [0.05, 0.1) is 15.3 Å². The number of nitro benzene ring substituents is 1. The average Bonchev–Trinajstić information content (AvgIpc) is 2.74. The van der Waals surface area contributed by atoms with Gasteiger partial charge in [0, 0.05) is 28.4 Å². The minimum atomic E-state index is -4.94. The minimum Gasteiger partial charge on any atom is -0.315 e. The molecule has 0 aliphatic rings. The van der Waals surface area contributed by atoms with Gasteiger partial charge in [-0.1, -0.05) is 0 Å². The van der Waals surface area contributed by atoms with Crippen LogP contribution in [0.4, 0.5) is 5.69 Å². The summed E-state index contributed by atoms with van der Waals surface area (Å²) in [6.45, 7) is 0. The van der Waals surface area contributed by atoms with Crippen molar-refractivity contribution in [3.8, 4) is 0 Å². The molecule has 0 aliphatic heterocycles. The van der Waals surface area contributed by atoms with Crippen LogP contribution in [0.15, 0.2) is 28.1 Å². The summed E-state index contributed by atoms with van der Waals surface area (Å²) in [6.07, 6.45) is 6.27. The van der Waals surface area contributed by atoms with Gasteiger partial charge in [-0.15, -0.1) is 22.0 Å². The number of fused-ring (bicyclic) bond motifs is 1. The third kappa shape index (κ3) is 5.32. The summed E-state index contributed by atoms with van der Waals surface area (Å²) in [5.74, 6) is 0. The van der Waals surface area contributed by atoms with Gasteiger partial charge in [-0.05, 0) is 12.3 Å². The van der Waals surface area contributed by atoms with Gasteiger partial charge in [-0.25, -0.2) is 18.6 Å². The Morgan fingerprint density at radius 2 is 1.77 bits per heavy atom. The van der Waals surface area contributed by atoms with Crippen molar-refractivity contribution in [2.75, 3.05) is 18.8 Å². The van der Waals surface area contributed by atoms with Gasteiger partial charge in [-0.3, -0.25) is 10.1 Å². The van der Waals surface area contributed by atoms with Crippen LogP contribution in [0.3, 0.4) is 0 Å². The molecule has 0 spiro atoms. The van der Waals surface area contributed by atoms with E-state index in [2.05, 4.69) is 17.5 Å². The number of rotatable bonds is 3. The zero-order valence-corrected chi connectivity index (χ0v) is 14.2. The molecule has 0 atom stereocenters. The summed E-state index contributed by atoms with van der Waals surface area (Å²) in [5, 5.41) is 12.9. The molecule has 2 aromatic rings. The number of nitrogens with one attached hydrogen (secondary N) is 1. The Kier molecular flexibility index (Phi) is 6.50. The highest BCUT2D eigenvalue weighted by Gasteiger charge is 2.22. The van der Waals surface area contributed by atoms with E-state index in [1.54, 1.807) is 23.9 Å². The molecule has 22 heavy (non-hydrogen) atoms. The molecule has 0 bridgehead atoms. The highest BCUT2D eigenvalue weighted by atomic mass is 35.7. The molecule has 0 radical (unpaired) electrons. The first-order valence-corrected chi connectivity index (χ1v) is 10.1. The van der Waals surface area contributed by atoms with Gasteiger partial charge >= 0.3 is 0 Å². The standard InChI is InChI=1S/C11H13N2O2S2.ClHO4/c1-16-10-8-6-7(13(14)15)4-5-9(8)12-11(10)17(2)3;2-1(3,4)5/h4-6,12H,1-3H3;(H,2,3,4,5)/q+1;/p-1. The summed E-state index contributed by atoms with van der Waals surface area (Å²) >= 11 is 1.63. The number of nitro groups is 1. The molecule has 122 valence electrons. The summed E-state index contributed by atoms with van der Waals surface area (Å²) in [7, 11) is -4.83. The van der Waals surface area contributed by atoms with E-state index in [4.69, 9.17) is 18.6 Å². The zero-order chi connectivity index (χ0) is 17.1. The van der Waals surface area contributed by atoms with Crippen LogP contribution >= 0.6 is 11.8 Å². The number of hydrogen-bond donors (Lipinski definition) is 1. The van der Waals surface area contributed by atoms with Crippen LogP contribution in [0.25, 0.3) is 10.9 Å². The number of halogens is 1. The van der Waals surface area contributed by atoms with E-state index in [0.29, 0.717) is 0 Å². The van der Waals surface area contributed by atoms with Crippen LogP contribution in [0.2, 0.25) is 0 Å². The van der Waals surface area contributed by atoms with Gasteiger partial charge < -0.3 is 4.98 Å². The van der Waals surface area contributed by atoms with Crippen LogP contribution in [0, 0.1) is 20.4 Å². The second-order valence-electron chi connectivity index (χ2n) is 4.17. The van der Waals surface area contributed by atoms with Crippen molar-refractivity contribution in [1.29, 1.82) is 0 Å². The van der Waals surface area contributed by atoms with E-state index >= 15 is 0 Å². The predicted octanol–water partition coefficient (Wildman–Crippen LogP) is -1.72. The largest absolute Gasteiger partial charge is 0.315 e. The highest BCUT2D eigenvalue weighted by molar-refractivity contribution is 8.00. The molecule has 0 saturated heterocycles. The molecular formula is C11H13ClN2O6S2. The van der Waals surface area contributed by atoms with Gasteiger partial charge in [0.15, 0.2) is 0 Å². The molecule has 0 saturated carbocycles. The third-order valence-corrected chi connectivity index (χ3v) is 4.61. The lowest BCUT2D eigenvalue weighted by atomic mass is 10.2. The lowest BCUT2D eigenvalue weighted by Crippen LogP contribution is -2.68. The monoisotopic (exact) mass is 368 g/mol. The number of H-pyrrole nitrogens is 1. The number of non-ortho nitro benzene ring substituents is 1. The van der Waals surface area contributed by atoms with Crippen molar-refractivity contribution >= 4 is 39.2 Å². The molecule has 8 nitrogen and oxygen atoms in total. The molecule has 0 aliphatic carbocycles. The fourth-order valence-corrected chi connectivity index (χ4v) is 3.90. The van der Waals surface area contributed by atoms with Gasteiger partial charge in [0.1, 0.15) is 12.5 Å². The Morgan fingerprint density at radius 1 is 1.23 bits per heavy atom. The topological polar surface area (TPSA) is 151 Å². The van der Waals surface area contributed by atoms with Crippen molar-refractivity contribution in [2.45, 2.75) is 9.92 Å². The van der Waals surface area contributed by atoms with E-state index in [0.717, 1.165) is 15.8 Å². The maximum atomic E-state index is 10.8. The number of aromatic nitrogens is 1. The van der Waals surface area contributed by atoms with Gasteiger partial charge in [-0.2, -0.15) is 0 Å². The first kappa shape index (κ1) is 19.0. The summed E-state index contributed by atoms with van der Waals surface area (Å²) < 4.78 is 34.0. The zero-order valence-electron chi connectivity index (χ0n) is 11.8. The molecule has 0 amide bonds. The van der Waals surface area contributed by atoms with Crippen molar-refractivity contribution in [3.05, 3.63) is 28.3 Å². The average molecular weight is 369 g/mol. The summed E-state index contributed by atoms with van der Waals surface area (Å²) in [4.78, 5) is 14.9. The summed E-state index contributed by atoms with van der Waals surface area (Å²) in [5.41, 5.74) is 1.11. The van der Waals surface area contributed by atoms with Crippen molar-refractivity contribution in [1.82, 2.24) is 4.98 Å². The molecule has 1 heterocycles. The number of benzene rings is 1. The first-order valence-electron chi connectivity index (χ1n) is 5.58. The molecular weight excluding hydrogens is 356 g/mol. The van der Waals surface area contributed by atoms with E-state index in [-0.39, 0.29) is 21.5 Å². The van der Waals surface area contributed by atoms with Gasteiger partial charge in [0.25, 0.3) is 5.69 Å². The third-order valence-electron chi connectivity index (χ3n) is 2.53. The van der Waals surface area contributed by atoms with E-state index in [1.807, 2.05) is 6.26 Å². The Labute approximate surface area is 135 Å². The number of nitrogens with zero attached hydrogens (tertiary/aromatic N) is 1. The molecule has 1 aromatic carbocycles. The fourth-order valence-electron chi connectivity index (χ4n) is 1.73. The lowest BCUT2D eigenvalue weighted by molar-refractivity contribution is -2.00. The van der Waals surface area contributed by atoms with E-state index in [9.17, 15) is 10.1 Å². The van der Waals surface area contributed by atoms with Crippen LogP contribution in [-0.4, -0.2) is 28.7 Å². The Bertz CT molecular complexity index is 664. The molecule has 1 N–H and O–H groups in total. The van der Waals surface area contributed by atoms with E-state index < -0.39 is 10.2 Å². The predicted molar refractivity (Wildman–Crippen MR) is 74.2 cm³/mol. The second-order valence-corrected chi connectivity index (χ2v) is 7.78. The number of aromatic amines is 1. The second kappa shape index (κ2) is 7.51. The highest BCUT2D eigenvalue weighted by Crippen LogP contribution is 2.34. The van der Waals surface area contributed by atoms with Crippen LogP contribution in [0.5, 0.6) is 0 Å². The number of thioether (sulfide) groups is 1. The molecule has 0 unspecified atom stereocenters. The van der Waals surface area contributed by atoms with E-state index in [1.165, 1.54) is 11.1 Å². The Morgan fingerprint density at radius 3 is 2.18 bits per heavy atom. The first-order chi connectivity index (χ1) is 10.0. The minimum absolute atomic E-state index is 0.113. The normalized spacial score (nSPS) is 11.5.